The molecule has 0 aromatic heterocycles. The average molecular weight is 315 g/mol. The van der Waals surface area contributed by atoms with Gasteiger partial charge < -0.3 is 5.32 Å². The number of nitrogens with one attached hydrogen (secondary N) is 1. The third-order valence-corrected chi connectivity index (χ3v) is 3.21. The first-order valence-corrected chi connectivity index (χ1v) is 6.10. The second kappa shape index (κ2) is 6.79. The largest absolute Gasteiger partial charge is 0.401 e. The Balaban J connectivity index is 0.00000180. The highest BCUT2D eigenvalue weighted by Gasteiger charge is 2.35. The fraction of sp³-hybridized carbons (Fsp3) is 0.500. The molecule has 108 valence electrons. The molecule has 0 amide bonds. The number of piperazine rings is 1. The lowest BCUT2D eigenvalue weighted by atomic mass is 10.0. The van der Waals surface area contributed by atoms with Crippen molar-refractivity contribution < 1.29 is 13.2 Å². The molecule has 1 fully saturated rings. The Kier molecular flexibility index (Phi) is 5.92. The van der Waals surface area contributed by atoms with Crippen molar-refractivity contribution >= 4 is 24.0 Å². The van der Waals surface area contributed by atoms with Gasteiger partial charge >= 0.3 is 6.18 Å². The van der Waals surface area contributed by atoms with Crippen LogP contribution < -0.4 is 5.32 Å². The molecule has 1 atom stereocenters. The second-order valence-corrected chi connectivity index (χ2v) is 4.80. The highest BCUT2D eigenvalue weighted by molar-refractivity contribution is 6.30. The van der Waals surface area contributed by atoms with Gasteiger partial charge in [-0.1, -0.05) is 23.7 Å². The number of halogens is 5. The Morgan fingerprint density at radius 1 is 1.37 bits per heavy atom. The quantitative estimate of drug-likeness (QED) is 0.901. The van der Waals surface area contributed by atoms with E-state index in [0.29, 0.717) is 24.7 Å². The van der Waals surface area contributed by atoms with Crippen molar-refractivity contribution in [2.45, 2.75) is 12.2 Å². The molecule has 7 heteroatoms. The Morgan fingerprint density at radius 3 is 2.74 bits per heavy atom. The van der Waals surface area contributed by atoms with E-state index in [1.165, 1.54) is 4.90 Å². The van der Waals surface area contributed by atoms with Crippen molar-refractivity contribution in [1.82, 2.24) is 10.2 Å². The van der Waals surface area contributed by atoms with Crippen molar-refractivity contribution in [3.05, 3.63) is 34.9 Å². The number of hydrogen-bond donors (Lipinski definition) is 1. The van der Waals surface area contributed by atoms with Crippen LogP contribution in [0.4, 0.5) is 13.2 Å². The van der Waals surface area contributed by atoms with Gasteiger partial charge in [-0.15, -0.1) is 12.4 Å². The highest BCUT2D eigenvalue weighted by Crippen LogP contribution is 2.28. The van der Waals surface area contributed by atoms with E-state index >= 15 is 0 Å². The van der Waals surface area contributed by atoms with E-state index < -0.39 is 12.7 Å². The first kappa shape index (κ1) is 16.6. The van der Waals surface area contributed by atoms with Crippen LogP contribution in [0.1, 0.15) is 11.6 Å². The molecule has 1 N–H and O–H groups in total. The summed E-state index contributed by atoms with van der Waals surface area (Å²) >= 11 is 5.88. The number of benzene rings is 1. The van der Waals surface area contributed by atoms with E-state index in [1.807, 2.05) is 6.07 Å². The van der Waals surface area contributed by atoms with Gasteiger partial charge in [-0.3, -0.25) is 4.90 Å². The normalized spacial score (nSPS) is 20.9. The molecular formula is C12H15Cl2F3N2. The van der Waals surface area contributed by atoms with Crippen molar-refractivity contribution in [3.8, 4) is 0 Å². The molecule has 1 aliphatic heterocycles. The van der Waals surface area contributed by atoms with Gasteiger partial charge in [0.2, 0.25) is 0 Å². The van der Waals surface area contributed by atoms with Crippen LogP contribution in [0.2, 0.25) is 5.02 Å². The summed E-state index contributed by atoms with van der Waals surface area (Å²) in [6, 6.07) is 6.74. The van der Waals surface area contributed by atoms with E-state index in [1.54, 1.807) is 18.2 Å². The molecule has 0 saturated carbocycles. The van der Waals surface area contributed by atoms with Gasteiger partial charge in [0.25, 0.3) is 0 Å². The average Bonchev–Trinajstić information content (AvgIpc) is 2.27. The summed E-state index contributed by atoms with van der Waals surface area (Å²) in [5.41, 5.74) is 0.818. The van der Waals surface area contributed by atoms with E-state index in [4.69, 9.17) is 11.6 Å². The minimum absolute atomic E-state index is 0. The summed E-state index contributed by atoms with van der Waals surface area (Å²) in [7, 11) is 0. The zero-order chi connectivity index (χ0) is 13.2. The van der Waals surface area contributed by atoms with Gasteiger partial charge in [0.15, 0.2) is 0 Å². The maximum absolute atomic E-state index is 12.5. The molecule has 19 heavy (non-hydrogen) atoms. The SMILES string of the molecule is Cl.FC(F)(F)CN1CCNCC1c1cccc(Cl)c1. The Bertz CT molecular complexity index is 412. The van der Waals surface area contributed by atoms with Gasteiger partial charge in [0.1, 0.15) is 0 Å². The zero-order valence-corrected chi connectivity index (χ0v) is 11.7. The predicted molar refractivity (Wildman–Crippen MR) is 71.9 cm³/mol. The molecule has 0 aliphatic carbocycles. The van der Waals surface area contributed by atoms with Crippen molar-refractivity contribution in [2.24, 2.45) is 0 Å². The molecule has 0 radical (unpaired) electrons. The molecule has 0 spiro atoms. The third-order valence-electron chi connectivity index (χ3n) is 2.97. The molecule has 1 unspecified atom stereocenters. The van der Waals surface area contributed by atoms with E-state index in [0.717, 1.165) is 5.56 Å². The first-order valence-electron chi connectivity index (χ1n) is 5.73. The third kappa shape index (κ3) is 4.84. The number of alkyl halides is 3. The number of rotatable bonds is 2. The summed E-state index contributed by atoms with van der Waals surface area (Å²) in [6.07, 6.45) is -4.17. The van der Waals surface area contributed by atoms with Gasteiger partial charge in [-0.25, -0.2) is 0 Å². The second-order valence-electron chi connectivity index (χ2n) is 4.36. The summed E-state index contributed by atoms with van der Waals surface area (Å²) in [5, 5.41) is 3.66. The topological polar surface area (TPSA) is 15.3 Å². The van der Waals surface area contributed by atoms with Gasteiger partial charge in [-0.2, -0.15) is 13.2 Å². The van der Waals surface area contributed by atoms with Crippen LogP contribution in [0.25, 0.3) is 0 Å². The van der Waals surface area contributed by atoms with Gasteiger partial charge in [-0.05, 0) is 17.7 Å². The molecule has 1 aromatic carbocycles. The van der Waals surface area contributed by atoms with Crippen LogP contribution >= 0.6 is 24.0 Å². The first-order chi connectivity index (χ1) is 8.46. The molecule has 0 bridgehead atoms. The Hall–Kier alpha value is -0.490. The number of nitrogens with zero attached hydrogens (tertiary/aromatic N) is 1. The fourth-order valence-electron chi connectivity index (χ4n) is 2.21. The maximum atomic E-state index is 12.5. The molecule has 1 aromatic rings. The van der Waals surface area contributed by atoms with E-state index in [2.05, 4.69) is 5.32 Å². The van der Waals surface area contributed by atoms with Crippen molar-refractivity contribution in [1.29, 1.82) is 0 Å². The van der Waals surface area contributed by atoms with Gasteiger partial charge in [0.05, 0.1) is 6.54 Å². The van der Waals surface area contributed by atoms with Crippen molar-refractivity contribution in [2.75, 3.05) is 26.2 Å². The highest BCUT2D eigenvalue weighted by atomic mass is 35.5. The molecule has 1 saturated heterocycles. The lowest BCUT2D eigenvalue weighted by molar-refractivity contribution is -0.152. The Morgan fingerprint density at radius 2 is 2.11 bits per heavy atom. The van der Waals surface area contributed by atoms with Crippen LogP contribution in [0.5, 0.6) is 0 Å². The molecule has 2 rings (SSSR count). The smallest absolute Gasteiger partial charge is 0.314 e. The number of hydrogen-bond acceptors (Lipinski definition) is 2. The van der Waals surface area contributed by atoms with Crippen LogP contribution in [-0.4, -0.2) is 37.3 Å². The molecule has 1 aliphatic rings. The summed E-state index contributed by atoms with van der Waals surface area (Å²) in [5.74, 6) is 0. The minimum atomic E-state index is -4.17. The summed E-state index contributed by atoms with van der Waals surface area (Å²) in [4.78, 5) is 1.45. The van der Waals surface area contributed by atoms with Gasteiger partial charge in [0, 0.05) is 30.7 Å². The maximum Gasteiger partial charge on any atom is 0.401 e. The lowest BCUT2D eigenvalue weighted by Gasteiger charge is -2.36. The van der Waals surface area contributed by atoms with Crippen LogP contribution in [0, 0.1) is 0 Å². The molecular weight excluding hydrogens is 300 g/mol. The zero-order valence-electron chi connectivity index (χ0n) is 10.1. The monoisotopic (exact) mass is 314 g/mol. The standard InChI is InChI=1S/C12H14ClF3N2.ClH/c13-10-3-1-2-9(6-10)11-7-17-4-5-18(11)8-12(14,15)16;/h1-3,6,11,17H,4-5,7-8H2;1H. The molecule has 2 nitrogen and oxygen atoms in total. The van der Waals surface area contributed by atoms with E-state index in [-0.39, 0.29) is 18.4 Å². The van der Waals surface area contributed by atoms with Crippen molar-refractivity contribution in [3.63, 3.8) is 0 Å². The fourth-order valence-corrected chi connectivity index (χ4v) is 2.41. The van der Waals surface area contributed by atoms with Crippen LogP contribution in [0.15, 0.2) is 24.3 Å². The van der Waals surface area contributed by atoms with Crippen LogP contribution in [0.3, 0.4) is 0 Å². The molecule has 1 heterocycles. The lowest BCUT2D eigenvalue weighted by Crippen LogP contribution is -2.49. The summed E-state index contributed by atoms with van der Waals surface area (Å²) in [6.45, 7) is 0.589. The van der Waals surface area contributed by atoms with E-state index in [9.17, 15) is 13.2 Å². The predicted octanol–water partition coefficient (Wildman–Crippen LogP) is 3.27. The Labute approximate surface area is 121 Å². The minimum Gasteiger partial charge on any atom is -0.314 e. The van der Waals surface area contributed by atoms with Crippen LogP contribution in [-0.2, 0) is 0 Å². The summed E-state index contributed by atoms with van der Waals surface area (Å²) < 4.78 is 37.6.